The molecule has 3 rings (SSSR count). The molecule has 1 aromatic carbocycles. The SMILES string of the molecule is O=C(CCn1ncc2c(Cl)cccc21)NCc1ccco1. The van der Waals surface area contributed by atoms with E-state index in [4.69, 9.17) is 16.0 Å². The van der Waals surface area contributed by atoms with E-state index in [-0.39, 0.29) is 5.91 Å². The second kappa shape index (κ2) is 6.01. The largest absolute Gasteiger partial charge is 0.467 e. The number of amides is 1. The predicted molar refractivity (Wildman–Crippen MR) is 79.9 cm³/mol. The molecular weight excluding hydrogens is 290 g/mol. The van der Waals surface area contributed by atoms with E-state index in [9.17, 15) is 4.79 Å². The number of aryl methyl sites for hydroxylation is 1. The topological polar surface area (TPSA) is 60.1 Å². The highest BCUT2D eigenvalue weighted by molar-refractivity contribution is 6.35. The lowest BCUT2D eigenvalue weighted by Crippen LogP contribution is -2.23. The molecule has 0 unspecified atom stereocenters. The first-order valence-electron chi connectivity index (χ1n) is 6.63. The standard InChI is InChI=1S/C15H14ClN3O2/c16-13-4-1-5-14-12(13)10-18-19(14)7-6-15(20)17-9-11-3-2-8-21-11/h1-5,8,10H,6-7,9H2,(H,17,20). The Kier molecular flexibility index (Phi) is 3.92. The summed E-state index contributed by atoms with van der Waals surface area (Å²) in [5, 5.41) is 8.64. The van der Waals surface area contributed by atoms with Gasteiger partial charge in [-0.2, -0.15) is 5.10 Å². The molecule has 0 radical (unpaired) electrons. The number of nitrogens with zero attached hydrogens (tertiary/aromatic N) is 2. The zero-order valence-electron chi connectivity index (χ0n) is 11.3. The molecule has 0 spiro atoms. The average molecular weight is 304 g/mol. The van der Waals surface area contributed by atoms with Crippen molar-refractivity contribution in [3.8, 4) is 0 Å². The van der Waals surface area contributed by atoms with Crippen molar-refractivity contribution in [1.29, 1.82) is 0 Å². The lowest BCUT2D eigenvalue weighted by molar-refractivity contribution is -0.121. The first-order valence-corrected chi connectivity index (χ1v) is 7.01. The zero-order chi connectivity index (χ0) is 14.7. The van der Waals surface area contributed by atoms with E-state index in [1.807, 2.05) is 24.3 Å². The molecule has 0 fully saturated rings. The molecule has 2 aromatic heterocycles. The van der Waals surface area contributed by atoms with Crippen LogP contribution in [0, 0.1) is 0 Å². The third-order valence-electron chi connectivity index (χ3n) is 3.22. The molecule has 0 aliphatic heterocycles. The summed E-state index contributed by atoms with van der Waals surface area (Å²) in [6.07, 6.45) is 3.66. The van der Waals surface area contributed by atoms with Gasteiger partial charge in [0.25, 0.3) is 0 Å². The Hall–Kier alpha value is -2.27. The second-order valence-electron chi connectivity index (χ2n) is 4.65. The molecule has 21 heavy (non-hydrogen) atoms. The van der Waals surface area contributed by atoms with Crippen LogP contribution in [0.2, 0.25) is 5.02 Å². The monoisotopic (exact) mass is 303 g/mol. The molecule has 0 aliphatic carbocycles. The maximum absolute atomic E-state index is 11.8. The van der Waals surface area contributed by atoms with Gasteiger partial charge in [0.15, 0.2) is 0 Å². The summed E-state index contributed by atoms with van der Waals surface area (Å²) in [6, 6.07) is 9.26. The number of hydrogen-bond acceptors (Lipinski definition) is 3. The van der Waals surface area contributed by atoms with Gasteiger partial charge < -0.3 is 9.73 Å². The van der Waals surface area contributed by atoms with Crippen LogP contribution in [0.15, 0.2) is 47.2 Å². The van der Waals surface area contributed by atoms with Crippen LogP contribution in [0.4, 0.5) is 0 Å². The third-order valence-corrected chi connectivity index (χ3v) is 3.55. The highest BCUT2D eigenvalue weighted by atomic mass is 35.5. The fraction of sp³-hybridized carbons (Fsp3) is 0.200. The number of fused-ring (bicyclic) bond motifs is 1. The van der Waals surface area contributed by atoms with Crippen molar-refractivity contribution in [2.24, 2.45) is 0 Å². The Morgan fingerprint density at radius 2 is 2.24 bits per heavy atom. The van der Waals surface area contributed by atoms with Gasteiger partial charge in [-0.05, 0) is 24.3 Å². The van der Waals surface area contributed by atoms with Crippen LogP contribution in [-0.4, -0.2) is 15.7 Å². The molecule has 0 aliphatic rings. The molecule has 108 valence electrons. The summed E-state index contributed by atoms with van der Waals surface area (Å²) < 4.78 is 6.94. The van der Waals surface area contributed by atoms with E-state index >= 15 is 0 Å². The molecule has 1 amide bonds. The number of carbonyl (C=O) groups excluding carboxylic acids is 1. The summed E-state index contributed by atoms with van der Waals surface area (Å²) >= 11 is 6.10. The van der Waals surface area contributed by atoms with E-state index in [0.29, 0.717) is 24.5 Å². The van der Waals surface area contributed by atoms with Gasteiger partial charge >= 0.3 is 0 Å². The molecule has 2 heterocycles. The van der Waals surface area contributed by atoms with Gasteiger partial charge in [-0.15, -0.1) is 0 Å². The first kappa shape index (κ1) is 13.7. The predicted octanol–water partition coefficient (Wildman–Crippen LogP) is 2.99. The van der Waals surface area contributed by atoms with Gasteiger partial charge in [-0.25, -0.2) is 0 Å². The number of carbonyl (C=O) groups is 1. The van der Waals surface area contributed by atoms with E-state index in [0.717, 1.165) is 16.7 Å². The molecule has 0 bridgehead atoms. The van der Waals surface area contributed by atoms with Gasteiger partial charge in [-0.1, -0.05) is 17.7 Å². The number of hydrogen-bond donors (Lipinski definition) is 1. The molecule has 0 saturated carbocycles. The summed E-state index contributed by atoms with van der Waals surface area (Å²) in [4.78, 5) is 11.8. The minimum Gasteiger partial charge on any atom is -0.467 e. The molecular formula is C15H14ClN3O2. The van der Waals surface area contributed by atoms with E-state index in [1.165, 1.54) is 0 Å². The number of nitrogens with one attached hydrogen (secondary N) is 1. The number of halogens is 1. The summed E-state index contributed by atoms with van der Waals surface area (Å²) in [6.45, 7) is 0.908. The van der Waals surface area contributed by atoms with Crippen molar-refractivity contribution < 1.29 is 9.21 Å². The summed E-state index contributed by atoms with van der Waals surface area (Å²) in [7, 11) is 0. The molecule has 0 atom stereocenters. The Balaban J connectivity index is 1.59. The highest BCUT2D eigenvalue weighted by Gasteiger charge is 2.08. The summed E-state index contributed by atoms with van der Waals surface area (Å²) in [5.41, 5.74) is 0.932. The van der Waals surface area contributed by atoms with Gasteiger partial charge in [0, 0.05) is 11.8 Å². The molecule has 3 aromatic rings. The van der Waals surface area contributed by atoms with Crippen LogP contribution in [0.5, 0.6) is 0 Å². The fourth-order valence-electron chi connectivity index (χ4n) is 2.14. The van der Waals surface area contributed by atoms with Crippen LogP contribution in [0.1, 0.15) is 12.2 Å². The van der Waals surface area contributed by atoms with Crippen LogP contribution in [0.3, 0.4) is 0 Å². The van der Waals surface area contributed by atoms with Crippen molar-refractivity contribution in [2.75, 3.05) is 0 Å². The molecule has 1 N–H and O–H groups in total. The van der Waals surface area contributed by atoms with Crippen LogP contribution < -0.4 is 5.32 Å². The van der Waals surface area contributed by atoms with Crippen molar-refractivity contribution in [3.63, 3.8) is 0 Å². The van der Waals surface area contributed by atoms with Gasteiger partial charge in [0.1, 0.15) is 5.76 Å². The smallest absolute Gasteiger partial charge is 0.222 e. The third kappa shape index (κ3) is 3.08. The van der Waals surface area contributed by atoms with Crippen LogP contribution in [-0.2, 0) is 17.9 Å². The number of aromatic nitrogens is 2. The van der Waals surface area contributed by atoms with Crippen LogP contribution in [0.25, 0.3) is 10.9 Å². The lowest BCUT2D eigenvalue weighted by atomic mass is 10.2. The Bertz CT molecular complexity index is 749. The Morgan fingerprint density at radius 1 is 1.33 bits per heavy atom. The number of rotatable bonds is 5. The van der Waals surface area contributed by atoms with Crippen LogP contribution >= 0.6 is 11.6 Å². The van der Waals surface area contributed by atoms with Gasteiger partial charge in [0.05, 0.1) is 36.1 Å². The highest BCUT2D eigenvalue weighted by Crippen LogP contribution is 2.22. The average Bonchev–Trinajstić information content (AvgIpc) is 3.13. The van der Waals surface area contributed by atoms with Gasteiger partial charge in [-0.3, -0.25) is 9.48 Å². The summed E-state index contributed by atoms with van der Waals surface area (Å²) in [5.74, 6) is 0.691. The van der Waals surface area contributed by atoms with Crippen molar-refractivity contribution in [1.82, 2.24) is 15.1 Å². The van der Waals surface area contributed by atoms with E-state index in [2.05, 4.69) is 10.4 Å². The first-order chi connectivity index (χ1) is 10.2. The minimum atomic E-state index is -0.0444. The molecule has 0 saturated heterocycles. The lowest BCUT2D eigenvalue weighted by Gasteiger charge is -2.05. The molecule has 6 heteroatoms. The van der Waals surface area contributed by atoms with Crippen molar-refractivity contribution >= 4 is 28.4 Å². The zero-order valence-corrected chi connectivity index (χ0v) is 12.0. The second-order valence-corrected chi connectivity index (χ2v) is 5.05. The Morgan fingerprint density at radius 3 is 3.05 bits per heavy atom. The van der Waals surface area contributed by atoms with Gasteiger partial charge in [0.2, 0.25) is 5.91 Å². The van der Waals surface area contributed by atoms with E-state index in [1.54, 1.807) is 23.2 Å². The minimum absolute atomic E-state index is 0.0444. The van der Waals surface area contributed by atoms with E-state index < -0.39 is 0 Å². The maximum Gasteiger partial charge on any atom is 0.222 e. The normalized spacial score (nSPS) is 10.9. The fourth-order valence-corrected chi connectivity index (χ4v) is 2.36. The Labute approximate surface area is 126 Å². The van der Waals surface area contributed by atoms with Crippen molar-refractivity contribution in [3.05, 3.63) is 53.6 Å². The number of furan rings is 1. The molecule has 5 nitrogen and oxygen atoms in total. The van der Waals surface area contributed by atoms with Crippen molar-refractivity contribution in [2.45, 2.75) is 19.5 Å². The number of benzene rings is 1. The maximum atomic E-state index is 11.8. The quantitative estimate of drug-likeness (QED) is 0.788.